The monoisotopic (exact) mass is 210 g/mol. The van der Waals surface area contributed by atoms with Crippen LogP contribution in [0.1, 0.15) is 24.3 Å². The van der Waals surface area contributed by atoms with Gasteiger partial charge in [-0.15, -0.1) is 0 Å². The van der Waals surface area contributed by atoms with Gasteiger partial charge in [0, 0.05) is 12.1 Å². The molecule has 5 nitrogen and oxygen atoms in total. The van der Waals surface area contributed by atoms with Crippen LogP contribution in [0.2, 0.25) is 0 Å². The number of nitrogens with zero attached hydrogens (tertiary/aromatic N) is 2. The Hall–Kier alpha value is -1.36. The predicted octanol–water partition coefficient (Wildman–Crippen LogP) is 1.03. The molecule has 0 atom stereocenters. The van der Waals surface area contributed by atoms with Crippen molar-refractivity contribution >= 4 is 5.97 Å². The molecule has 0 amide bonds. The number of aromatic nitrogens is 1. The topological polar surface area (TPSA) is 66.6 Å². The van der Waals surface area contributed by atoms with Crippen molar-refractivity contribution < 1.29 is 14.4 Å². The second-order valence-corrected chi connectivity index (χ2v) is 3.96. The van der Waals surface area contributed by atoms with Crippen molar-refractivity contribution in [3.63, 3.8) is 0 Å². The van der Waals surface area contributed by atoms with Crippen LogP contribution in [0, 0.1) is 6.92 Å². The molecule has 1 aromatic heterocycles. The molecule has 1 fully saturated rings. The highest BCUT2D eigenvalue weighted by Crippen LogP contribution is 2.28. The Balaban J connectivity index is 1.96. The molecule has 0 aliphatic heterocycles. The van der Waals surface area contributed by atoms with Gasteiger partial charge in [-0.05, 0) is 19.8 Å². The molecule has 0 aromatic carbocycles. The lowest BCUT2D eigenvalue weighted by Crippen LogP contribution is -2.31. The second-order valence-electron chi connectivity index (χ2n) is 3.96. The Morgan fingerprint density at radius 1 is 1.73 bits per heavy atom. The Morgan fingerprint density at radius 2 is 2.47 bits per heavy atom. The van der Waals surface area contributed by atoms with Crippen molar-refractivity contribution in [3.05, 3.63) is 17.5 Å². The molecule has 1 aliphatic carbocycles. The van der Waals surface area contributed by atoms with Gasteiger partial charge in [-0.2, -0.15) is 0 Å². The molecular formula is C10H14N2O3. The number of aryl methyl sites for hydroxylation is 1. The summed E-state index contributed by atoms with van der Waals surface area (Å²) in [6, 6.07) is 2.25. The zero-order valence-corrected chi connectivity index (χ0v) is 8.64. The van der Waals surface area contributed by atoms with Gasteiger partial charge in [0.2, 0.25) is 0 Å². The van der Waals surface area contributed by atoms with Crippen LogP contribution in [0.25, 0.3) is 0 Å². The quantitative estimate of drug-likeness (QED) is 0.786. The summed E-state index contributed by atoms with van der Waals surface area (Å²) in [6.45, 7) is 2.47. The number of hydrogen-bond acceptors (Lipinski definition) is 4. The van der Waals surface area contributed by atoms with Gasteiger partial charge < -0.3 is 9.63 Å². The average Bonchev–Trinajstić information content (AvgIpc) is 2.90. The number of aliphatic carboxylic acids is 1. The fourth-order valence-electron chi connectivity index (χ4n) is 1.62. The summed E-state index contributed by atoms with van der Waals surface area (Å²) in [5, 5.41) is 12.5. The molecule has 0 radical (unpaired) electrons. The van der Waals surface area contributed by atoms with Crippen molar-refractivity contribution in [3.8, 4) is 0 Å². The van der Waals surface area contributed by atoms with E-state index >= 15 is 0 Å². The minimum Gasteiger partial charge on any atom is -0.480 e. The molecule has 15 heavy (non-hydrogen) atoms. The van der Waals surface area contributed by atoms with E-state index in [-0.39, 0.29) is 6.54 Å². The molecule has 0 bridgehead atoms. The largest absolute Gasteiger partial charge is 0.480 e. The molecule has 1 N–H and O–H groups in total. The number of hydrogen-bond donors (Lipinski definition) is 1. The maximum absolute atomic E-state index is 10.6. The van der Waals surface area contributed by atoms with Crippen molar-refractivity contribution in [1.29, 1.82) is 0 Å². The lowest BCUT2D eigenvalue weighted by molar-refractivity contribution is -0.138. The summed E-state index contributed by atoms with van der Waals surface area (Å²) in [5.74, 6) is -0.0567. The number of carbonyl (C=O) groups is 1. The number of carboxylic acid groups (broad SMARTS) is 1. The van der Waals surface area contributed by atoms with Crippen LogP contribution in [0.3, 0.4) is 0 Å². The summed E-state index contributed by atoms with van der Waals surface area (Å²) in [5.41, 5.74) is 0.830. The van der Waals surface area contributed by atoms with Gasteiger partial charge in [0.1, 0.15) is 0 Å². The maximum Gasteiger partial charge on any atom is 0.317 e. The summed E-state index contributed by atoms with van der Waals surface area (Å²) in [4.78, 5) is 12.6. The summed E-state index contributed by atoms with van der Waals surface area (Å²) in [7, 11) is 0. The van der Waals surface area contributed by atoms with Gasteiger partial charge in [0.05, 0.1) is 18.8 Å². The summed E-state index contributed by atoms with van der Waals surface area (Å²) in [6.07, 6.45) is 2.17. The Labute approximate surface area is 87.7 Å². The first kappa shape index (κ1) is 10.2. The first-order valence-electron chi connectivity index (χ1n) is 5.03. The van der Waals surface area contributed by atoms with Gasteiger partial charge in [0.25, 0.3) is 0 Å². The molecule has 0 saturated heterocycles. The van der Waals surface area contributed by atoms with E-state index in [1.165, 1.54) is 0 Å². The third-order valence-corrected chi connectivity index (χ3v) is 2.44. The first-order valence-corrected chi connectivity index (χ1v) is 5.03. The van der Waals surface area contributed by atoms with Gasteiger partial charge >= 0.3 is 5.97 Å². The van der Waals surface area contributed by atoms with Gasteiger partial charge in [-0.25, -0.2) is 0 Å². The molecule has 5 heteroatoms. The number of carboxylic acids is 1. The standard InChI is InChI=1S/C10H14N2O3/c1-7-4-9(15-11-7)5-12(6-10(13)14)8-2-3-8/h4,8H,2-3,5-6H2,1H3,(H,13,14). The Bertz CT molecular complexity index is 357. The highest BCUT2D eigenvalue weighted by Gasteiger charge is 2.30. The Kier molecular flexibility index (Phi) is 2.73. The molecule has 1 aliphatic rings. The zero-order valence-electron chi connectivity index (χ0n) is 8.64. The summed E-state index contributed by atoms with van der Waals surface area (Å²) >= 11 is 0. The van der Waals surface area contributed by atoms with Crippen molar-refractivity contribution in [1.82, 2.24) is 10.1 Å². The van der Waals surface area contributed by atoms with E-state index in [4.69, 9.17) is 9.63 Å². The fraction of sp³-hybridized carbons (Fsp3) is 0.600. The normalized spacial score (nSPS) is 15.9. The summed E-state index contributed by atoms with van der Waals surface area (Å²) < 4.78 is 5.07. The molecule has 1 heterocycles. The van der Waals surface area contributed by atoms with Gasteiger partial charge in [-0.1, -0.05) is 5.16 Å². The molecular weight excluding hydrogens is 196 g/mol. The fourth-order valence-corrected chi connectivity index (χ4v) is 1.62. The van der Waals surface area contributed by atoms with E-state index in [2.05, 4.69) is 5.16 Å². The SMILES string of the molecule is Cc1cc(CN(CC(=O)O)C2CC2)on1. The molecule has 0 unspecified atom stereocenters. The minimum atomic E-state index is -0.793. The lowest BCUT2D eigenvalue weighted by atomic mass is 10.3. The molecule has 0 spiro atoms. The highest BCUT2D eigenvalue weighted by molar-refractivity contribution is 5.69. The molecule has 82 valence electrons. The molecule has 2 rings (SSSR count). The minimum absolute atomic E-state index is 0.0738. The van der Waals surface area contributed by atoms with Crippen LogP contribution in [0.4, 0.5) is 0 Å². The van der Waals surface area contributed by atoms with Crippen LogP contribution in [-0.2, 0) is 11.3 Å². The first-order chi connectivity index (χ1) is 7.15. The highest BCUT2D eigenvalue weighted by atomic mass is 16.5. The van der Waals surface area contributed by atoms with Crippen LogP contribution >= 0.6 is 0 Å². The van der Waals surface area contributed by atoms with E-state index in [1.807, 2.05) is 17.9 Å². The van der Waals surface area contributed by atoms with E-state index in [0.717, 1.165) is 24.3 Å². The molecule has 1 aromatic rings. The smallest absolute Gasteiger partial charge is 0.317 e. The van der Waals surface area contributed by atoms with Crippen molar-refractivity contribution in [2.24, 2.45) is 0 Å². The zero-order chi connectivity index (χ0) is 10.8. The van der Waals surface area contributed by atoms with Gasteiger partial charge in [0.15, 0.2) is 5.76 Å². The number of rotatable bonds is 5. The third-order valence-electron chi connectivity index (χ3n) is 2.44. The Morgan fingerprint density at radius 3 is 2.93 bits per heavy atom. The average molecular weight is 210 g/mol. The van der Waals surface area contributed by atoms with E-state index in [1.54, 1.807) is 0 Å². The van der Waals surface area contributed by atoms with E-state index < -0.39 is 5.97 Å². The maximum atomic E-state index is 10.6. The lowest BCUT2D eigenvalue weighted by Gasteiger charge is -2.17. The van der Waals surface area contributed by atoms with Crippen LogP contribution in [0.15, 0.2) is 10.6 Å². The third kappa shape index (κ3) is 2.79. The molecule has 1 saturated carbocycles. The predicted molar refractivity (Wildman–Crippen MR) is 52.3 cm³/mol. The second kappa shape index (κ2) is 4.02. The van der Waals surface area contributed by atoms with E-state index in [9.17, 15) is 4.79 Å². The van der Waals surface area contributed by atoms with Crippen LogP contribution in [0.5, 0.6) is 0 Å². The van der Waals surface area contributed by atoms with E-state index in [0.29, 0.717) is 12.6 Å². The van der Waals surface area contributed by atoms with Crippen LogP contribution < -0.4 is 0 Å². The van der Waals surface area contributed by atoms with Gasteiger partial charge in [-0.3, -0.25) is 9.69 Å². The van der Waals surface area contributed by atoms with Crippen LogP contribution in [-0.4, -0.2) is 33.7 Å². The van der Waals surface area contributed by atoms with Crippen molar-refractivity contribution in [2.75, 3.05) is 6.54 Å². The van der Waals surface area contributed by atoms with Crippen molar-refractivity contribution in [2.45, 2.75) is 32.4 Å².